The Labute approximate surface area is 235 Å². The highest BCUT2D eigenvalue weighted by Gasteiger charge is 2.20. The molecule has 0 spiro atoms. The van der Waals surface area contributed by atoms with Gasteiger partial charge in [0.25, 0.3) is 5.91 Å². The summed E-state index contributed by atoms with van der Waals surface area (Å²) in [6.07, 6.45) is 16.2. The van der Waals surface area contributed by atoms with Crippen molar-refractivity contribution < 1.29 is 9.53 Å². The molecule has 2 rings (SSSR count). The molecule has 3 nitrogen and oxygen atoms in total. The summed E-state index contributed by atoms with van der Waals surface area (Å²) in [6.45, 7) is 10.2. The molecule has 2 aromatic carbocycles. The van der Waals surface area contributed by atoms with Crippen molar-refractivity contribution in [3.05, 3.63) is 64.7 Å². The monoisotopic (exact) mass is 571 g/mol. The van der Waals surface area contributed by atoms with E-state index in [-0.39, 0.29) is 11.3 Å². The Balaban J connectivity index is 1.73. The van der Waals surface area contributed by atoms with Crippen LogP contribution < -0.4 is 10.1 Å². The molecule has 4 heteroatoms. The lowest BCUT2D eigenvalue weighted by molar-refractivity contribution is 0.0951. The number of benzene rings is 2. The molecular formula is C33H50BrNO2. The summed E-state index contributed by atoms with van der Waals surface area (Å²) in [5, 5.41) is 3.81. The molecular weight excluding hydrogens is 522 g/mol. The molecule has 0 aliphatic carbocycles. The zero-order valence-electron chi connectivity index (χ0n) is 23.8. The predicted octanol–water partition coefficient (Wildman–Crippen LogP) is 9.89. The number of hydrogen-bond acceptors (Lipinski definition) is 2. The van der Waals surface area contributed by atoms with Crippen molar-refractivity contribution in [1.82, 2.24) is 5.32 Å². The Bertz CT molecular complexity index is 919. The van der Waals surface area contributed by atoms with Gasteiger partial charge in [-0.05, 0) is 52.8 Å². The van der Waals surface area contributed by atoms with Gasteiger partial charge in [-0.1, -0.05) is 132 Å². The molecule has 0 aliphatic rings. The summed E-state index contributed by atoms with van der Waals surface area (Å²) in [4.78, 5) is 12.6. The number of carbonyl (C=O) groups excluding carboxylic acids is 1. The third kappa shape index (κ3) is 12.5. The van der Waals surface area contributed by atoms with E-state index in [0.29, 0.717) is 12.1 Å². The van der Waals surface area contributed by atoms with E-state index >= 15 is 0 Å². The van der Waals surface area contributed by atoms with Crippen LogP contribution in [-0.2, 0) is 17.3 Å². The molecule has 206 valence electrons. The first kappa shape index (κ1) is 31.4. The molecule has 0 aromatic heterocycles. The first-order valence-corrected chi connectivity index (χ1v) is 15.7. The van der Waals surface area contributed by atoms with Crippen molar-refractivity contribution in [2.24, 2.45) is 0 Å². The van der Waals surface area contributed by atoms with E-state index in [0.717, 1.165) is 35.2 Å². The molecule has 0 atom stereocenters. The van der Waals surface area contributed by atoms with E-state index in [1.165, 1.54) is 76.2 Å². The molecule has 1 N–H and O–H groups in total. The predicted molar refractivity (Wildman–Crippen MR) is 162 cm³/mol. The Kier molecular flexibility index (Phi) is 15.0. The number of halogens is 1. The normalized spacial score (nSPS) is 11.5. The van der Waals surface area contributed by atoms with Crippen LogP contribution in [0.15, 0.2) is 42.5 Å². The highest BCUT2D eigenvalue weighted by molar-refractivity contribution is 9.08. The highest BCUT2D eigenvalue weighted by atomic mass is 79.9. The summed E-state index contributed by atoms with van der Waals surface area (Å²) >= 11 is 3.46. The molecule has 0 heterocycles. The molecule has 0 fully saturated rings. The molecule has 0 unspecified atom stereocenters. The van der Waals surface area contributed by atoms with Crippen molar-refractivity contribution >= 4 is 21.8 Å². The highest BCUT2D eigenvalue weighted by Crippen LogP contribution is 2.32. The van der Waals surface area contributed by atoms with Gasteiger partial charge in [0.05, 0.1) is 6.61 Å². The second kappa shape index (κ2) is 17.7. The first-order chi connectivity index (χ1) is 17.8. The fourth-order valence-electron chi connectivity index (χ4n) is 4.60. The van der Waals surface area contributed by atoms with E-state index in [9.17, 15) is 4.79 Å². The third-order valence-corrected chi connectivity index (χ3v) is 7.55. The van der Waals surface area contributed by atoms with E-state index in [2.05, 4.69) is 67.1 Å². The first-order valence-electron chi connectivity index (χ1n) is 14.5. The lowest BCUT2D eigenvalue weighted by Crippen LogP contribution is -2.23. The van der Waals surface area contributed by atoms with Gasteiger partial charge in [-0.2, -0.15) is 0 Å². The van der Waals surface area contributed by atoms with Crippen LogP contribution in [0.25, 0.3) is 0 Å². The van der Waals surface area contributed by atoms with Gasteiger partial charge < -0.3 is 10.1 Å². The van der Waals surface area contributed by atoms with Crippen LogP contribution in [0.5, 0.6) is 5.75 Å². The number of alkyl halides is 1. The molecule has 0 bridgehead atoms. The number of hydrogen-bond donors (Lipinski definition) is 1. The summed E-state index contributed by atoms with van der Waals surface area (Å²) in [5.74, 6) is 0.920. The maximum atomic E-state index is 12.6. The van der Waals surface area contributed by atoms with Crippen LogP contribution in [0.2, 0.25) is 0 Å². The number of carbonyl (C=O) groups is 1. The van der Waals surface area contributed by atoms with Crippen LogP contribution in [-0.4, -0.2) is 12.5 Å². The van der Waals surface area contributed by atoms with Gasteiger partial charge in [0.15, 0.2) is 0 Å². The number of ether oxygens (including phenoxy) is 1. The van der Waals surface area contributed by atoms with Crippen LogP contribution >= 0.6 is 15.9 Å². The van der Waals surface area contributed by atoms with Gasteiger partial charge >= 0.3 is 0 Å². The number of nitrogens with one attached hydrogen (secondary N) is 1. The van der Waals surface area contributed by atoms with Gasteiger partial charge in [-0.3, -0.25) is 4.79 Å². The average Bonchev–Trinajstić information content (AvgIpc) is 2.89. The van der Waals surface area contributed by atoms with Gasteiger partial charge in [-0.15, -0.1) is 0 Å². The summed E-state index contributed by atoms with van der Waals surface area (Å²) < 4.78 is 6.24. The van der Waals surface area contributed by atoms with Crippen molar-refractivity contribution in [3.8, 4) is 5.75 Å². The molecule has 0 saturated heterocycles. The quantitative estimate of drug-likeness (QED) is 0.143. The standard InChI is InChI=1S/C33H50BrNO2/c1-5-6-7-8-9-10-11-12-13-14-15-16-22-37-31-21-20-28(24-30(31)33(2,3)4)26-35-32(36)29-19-17-18-27(23-29)25-34/h17-21,23-24H,5-16,22,25-26H2,1-4H3,(H,35,36). The minimum absolute atomic E-state index is 0.0316. The molecule has 0 aliphatic heterocycles. The lowest BCUT2D eigenvalue weighted by Gasteiger charge is -2.24. The van der Waals surface area contributed by atoms with Gasteiger partial charge in [0, 0.05) is 17.4 Å². The zero-order valence-corrected chi connectivity index (χ0v) is 25.4. The minimum atomic E-state index is -0.0487. The SMILES string of the molecule is CCCCCCCCCCCCCCOc1ccc(CNC(=O)c2cccc(CBr)c2)cc1C(C)(C)C. The molecule has 2 aromatic rings. The topological polar surface area (TPSA) is 38.3 Å². The fourth-order valence-corrected chi connectivity index (χ4v) is 4.95. The van der Waals surface area contributed by atoms with Crippen molar-refractivity contribution in [1.29, 1.82) is 0 Å². The second-order valence-electron chi connectivity index (χ2n) is 11.3. The Morgan fingerprint density at radius 1 is 0.811 bits per heavy atom. The lowest BCUT2D eigenvalue weighted by atomic mass is 9.85. The van der Waals surface area contributed by atoms with Crippen molar-refractivity contribution in [2.75, 3.05) is 6.61 Å². The van der Waals surface area contributed by atoms with E-state index in [1.54, 1.807) is 0 Å². The summed E-state index contributed by atoms with van der Waals surface area (Å²) in [5.41, 5.74) is 4.04. The maximum absolute atomic E-state index is 12.6. The molecule has 0 radical (unpaired) electrons. The number of amides is 1. The van der Waals surface area contributed by atoms with Crippen LogP contribution in [0.1, 0.15) is 132 Å². The van der Waals surface area contributed by atoms with Gasteiger partial charge in [-0.25, -0.2) is 0 Å². The zero-order chi connectivity index (χ0) is 26.9. The van der Waals surface area contributed by atoms with Crippen LogP contribution in [0.4, 0.5) is 0 Å². The number of unbranched alkanes of at least 4 members (excludes halogenated alkanes) is 11. The van der Waals surface area contributed by atoms with Gasteiger partial charge in [0.1, 0.15) is 5.75 Å². The maximum Gasteiger partial charge on any atom is 0.251 e. The third-order valence-electron chi connectivity index (χ3n) is 6.90. The van der Waals surface area contributed by atoms with E-state index < -0.39 is 0 Å². The summed E-state index contributed by atoms with van der Waals surface area (Å²) in [7, 11) is 0. The van der Waals surface area contributed by atoms with E-state index in [1.807, 2.05) is 24.3 Å². The van der Waals surface area contributed by atoms with Crippen molar-refractivity contribution in [2.45, 2.75) is 122 Å². The molecule has 1 amide bonds. The molecule has 37 heavy (non-hydrogen) atoms. The van der Waals surface area contributed by atoms with Crippen molar-refractivity contribution in [3.63, 3.8) is 0 Å². The minimum Gasteiger partial charge on any atom is -0.493 e. The van der Waals surface area contributed by atoms with Crippen LogP contribution in [0.3, 0.4) is 0 Å². The second-order valence-corrected chi connectivity index (χ2v) is 11.9. The smallest absolute Gasteiger partial charge is 0.251 e. The van der Waals surface area contributed by atoms with Gasteiger partial charge in [0.2, 0.25) is 0 Å². The van der Waals surface area contributed by atoms with Crippen LogP contribution in [0, 0.1) is 0 Å². The average molecular weight is 573 g/mol. The van der Waals surface area contributed by atoms with E-state index in [4.69, 9.17) is 4.74 Å². The summed E-state index contributed by atoms with van der Waals surface area (Å²) in [6, 6.07) is 14.1. The Hall–Kier alpha value is -1.81. The Morgan fingerprint density at radius 2 is 1.43 bits per heavy atom. The Morgan fingerprint density at radius 3 is 2.03 bits per heavy atom. The number of rotatable bonds is 18. The molecule has 0 saturated carbocycles. The fraction of sp³-hybridized carbons (Fsp3) is 0.606. The largest absolute Gasteiger partial charge is 0.493 e.